The molecule has 2 aliphatic heterocycles. The van der Waals surface area contributed by atoms with E-state index in [0.29, 0.717) is 10.8 Å². The van der Waals surface area contributed by atoms with Crippen LogP contribution in [0.2, 0.25) is 0 Å². The van der Waals surface area contributed by atoms with Crippen LogP contribution in [0.15, 0.2) is 65.8 Å². The number of hydrogen-bond acceptors (Lipinski definition) is 7. The fourth-order valence-electron chi connectivity index (χ4n) is 5.09. The van der Waals surface area contributed by atoms with E-state index in [-0.39, 0.29) is 6.04 Å². The second-order valence-corrected chi connectivity index (χ2v) is 11.4. The van der Waals surface area contributed by atoms with Gasteiger partial charge in [0.2, 0.25) is 0 Å². The average Bonchev–Trinajstić information content (AvgIpc) is 3.28. The third-order valence-corrected chi connectivity index (χ3v) is 8.17. The smallest absolute Gasteiger partial charge is 0.175 e. The van der Waals surface area contributed by atoms with Crippen molar-refractivity contribution in [3.05, 3.63) is 77.7 Å². The van der Waals surface area contributed by atoms with E-state index in [1.54, 1.807) is 18.5 Å². The first-order valence-corrected chi connectivity index (χ1v) is 13.7. The average molecular weight is 478 g/mol. The van der Waals surface area contributed by atoms with Gasteiger partial charge in [-0.15, -0.1) is 0 Å². The lowest BCUT2D eigenvalue weighted by Gasteiger charge is -2.34. The Bertz CT molecular complexity index is 1260. The molecular formula is C26H31N5O2S. The first-order chi connectivity index (χ1) is 16.4. The highest BCUT2D eigenvalue weighted by atomic mass is 32.2. The number of rotatable bonds is 6. The van der Waals surface area contributed by atoms with Gasteiger partial charge in [-0.1, -0.05) is 30.3 Å². The van der Waals surface area contributed by atoms with Gasteiger partial charge in [-0.3, -0.25) is 4.90 Å². The monoisotopic (exact) mass is 477 g/mol. The number of anilines is 2. The van der Waals surface area contributed by atoms with E-state index in [1.165, 1.54) is 11.8 Å². The standard InChI is InChI=1S/C26H31N5O2S/c1-34(32,33)22-7-8-24-21(15-22)11-14-31(24)25-16-23(28-18-29-25)26(27)20-9-12-30(13-10-20)17-19-5-3-2-4-6-19/h2-8,15-16,18,20,26H,9-14,17,27H2,1H3. The van der Waals surface area contributed by atoms with Gasteiger partial charge in [0.1, 0.15) is 12.1 Å². The number of aromatic nitrogens is 2. The van der Waals surface area contributed by atoms with Crippen molar-refractivity contribution < 1.29 is 8.42 Å². The summed E-state index contributed by atoms with van der Waals surface area (Å²) in [4.78, 5) is 14.0. The van der Waals surface area contributed by atoms with Crippen LogP contribution in [0.5, 0.6) is 0 Å². The lowest BCUT2D eigenvalue weighted by Crippen LogP contribution is -2.37. The maximum atomic E-state index is 11.9. The Labute approximate surface area is 201 Å². The van der Waals surface area contributed by atoms with E-state index >= 15 is 0 Å². The van der Waals surface area contributed by atoms with Gasteiger partial charge in [0, 0.05) is 31.1 Å². The quantitative estimate of drug-likeness (QED) is 0.581. The van der Waals surface area contributed by atoms with E-state index in [0.717, 1.165) is 68.2 Å². The Hall–Kier alpha value is -2.81. The Morgan fingerprint density at radius 3 is 2.53 bits per heavy atom. The van der Waals surface area contributed by atoms with Gasteiger partial charge in [0.05, 0.1) is 16.6 Å². The summed E-state index contributed by atoms with van der Waals surface area (Å²) in [6.07, 6.45) is 5.72. The molecule has 1 aromatic heterocycles. The SMILES string of the molecule is CS(=O)(=O)c1ccc2c(c1)CCN2c1cc(C(N)C2CCN(Cc3ccccc3)CC2)ncn1. The Balaban J connectivity index is 1.26. The summed E-state index contributed by atoms with van der Waals surface area (Å²) in [6, 6.07) is 17.8. The van der Waals surface area contributed by atoms with Crippen LogP contribution in [-0.2, 0) is 22.8 Å². The predicted octanol–water partition coefficient (Wildman–Crippen LogP) is 3.49. The molecule has 0 aliphatic carbocycles. The van der Waals surface area contributed by atoms with E-state index in [4.69, 9.17) is 5.73 Å². The molecule has 0 bridgehead atoms. The molecule has 2 aliphatic rings. The lowest BCUT2D eigenvalue weighted by atomic mass is 9.88. The van der Waals surface area contributed by atoms with E-state index in [9.17, 15) is 8.42 Å². The second kappa shape index (κ2) is 9.44. The van der Waals surface area contributed by atoms with E-state index < -0.39 is 9.84 Å². The highest BCUT2D eigenvalue weighted by molar-refractivity contribution is 7.90. The predicted molar refractivity (Wildman–Crippen MR) is 134 cm³/mol. The van der Waals surface area contributed by atoms with Crippen molar-refractivity contribution in [1.29, 1.82) is 0 Å². The number of nitrogens with two attached hydrogens (primary N) is 1. The zero-order chi connectivity index (χ0) is 23.7. The zero-order valence-corrected chi connectivity index (χ0v) is 20.3. The Morgan fingerprint density at radius 1 is 1.03 bits per heavy atom. The maximum Gasteiger partial charge on any atom is 0.175 e. The topological polar surface area (TPSA) is 92.4 Å². The number of nitrogens with zero attached hydrogens (tertiary/aromatic N) is 4. The van der Waals surface area contributed by atoms with Crippen molar-refractivity contribution >= 4 is 21.3 Å². The molecule has 1 unspecified atom stereocenters. The summed E-state index contributed by atoms with van der Waals surface area (Å²) in [5.41, 5.74) is 10.9. The molecular weight excluding hydrogens is 446 g/mol. The van der Waals surface area contributed by atoms with Crippen LogP contribution in [0, 0.1) is 5.92 Å². The van der Waals surface area contributed by atoms with Crippen LogP contribution in [0.25, 0.3) is 0 Å². The van der Waals surface area contributed by atoms with Crippen LogP contribution >= 0.6 is 0 Å². The second-order valence-electron chi connectivity index (χ2n) is 9.39. The summed E-state index contributed by atoms with van der Waals surface area (Å²) in [5.74, 6) is 1.20. The molecule has 1 saturated heterocycles. The number of benzene rings is 2. The van der Waals surface area contributed by atoms with Gasteiger partial charge in [0.15, 0.2) is 9.84 Å². The molecule has 178 valence electrons. The fourth-order valence-corrected chi connectivity index (χ4v) is 5.76. The van der Waals surface area contributed by atoms with Crippen molar-refractivity contribution in [2.45, 2.75) is 36.7 Å². The number of piperidine rings is 1. The molecule has 0 spiro atoms. The van der Waals surface area contributed by atoms with Crippen LogP contribution in [0.4, 0.5) is 11.5 Å². The number of sulfone groups is 1. The van der Waals surface area contributed by atoms with E-state index in [2.05, 4.69) is 50.1 Å². The normalized spacial score (nSPS) is 18.1. The molecule has 2 aromatic carbocycles. The van der Waals surface area contributed by atoms with Crippen molar-refractivity contribution in [1.82, 2.24) is 14.9 Å². The molecule has 1 atom stereocenters. The van der Waals surface area contributed by atoms with Crippen molar-refractivity contribution in [2.24, 2.45) is 11.7 Å². The summed E-state index contributed by atoms with van der Waals surface area (Å²) >= 11 is 0. The maximum absolute atomic E-state index is 11.9. The number of hydrogen-bond donors (Lipinski definition) is 1. The molecule has 0 saturated carbocycles. The number of fused-ring (bicyclic) bond motifs is 1. The molecule has 3 aromatic rings. The van der Waals surface area contributed by atoms with Gasteiger partial charge in [-0.2, -0.15) is 0 Å². The lowest BCUT2D eigenvalue weighted by molar-refractivity contribution is 0.161. The minimum Gasteiger partial charge on any atom is -0.326 e. The van der Waals surface area contributed by atoms with E-state index in [1.807, 2.05) is 12.1 Å². The molecule has 8 heteroatoms. The summed E-state index contributed by atoms with van der Waals surface area (Å²) < 4.78 is 23.8. The van der Waals surface area contributed by atoms with Gasteiger partial charge < -0.3 is 10.6 Å². The molecule has 7 nitrogen and oxygen atoms in total. The largest absolute Gasteiger partial charge is 0.326 e. The molecule has 34 heavy (non-hydrogen) atoms. The van der Waals surface area contributed by atoms with Gasteiger partial charge in [-0.25, -0.2) is 18.4 Å². The van der Waals surface area contributed by atoms with Gasteiger partial charge in [-0.05, 0) is 67.6 Å². The molecule has 1 fully saturated rings. The molecule has 2 N–H and O–H groups in total. The summed E-state index contributed by atoms with van der Waals surface area (Å²) in [7, 11) is -3.22. The molecule has 0 amide bonds. The summed E-state index contributed by atoms with van der Waals surface area (Å²) in [5, 5.41) is 0. The van der Waals surface area contributed by atoms with Crippen LogP contribution < -0.4 is 10.6 Å². The van der Waals surface area contributed by atoms with Gasteiger partial charge >= 0.3 is 0 Å². The van der Waals surface area contributed by atoms with Crippen molar-refractivity contribution in [3.63, 3.8) is 0 Å². The van der Waals surface area contributed by atoms with Crippen LogP contribution in [-0.4, -0.2) is 49.2 Å². The van der Waals surface area contributed by atoms with Crippen molar-refractivity contribution in [3.8, 4) is 0 Å². The minimum absolute atomic E-state index is 0.129. The zero-order valence-electron chi connectivity index (χ0n) is 19.5. The van der Waals surface area contributed by atoms with Crippen molar-refractivity contribution in [2.75, 3.05) is 30.8 Å². The van der Waals surface area contributed by atoms with Crippen LogP contribution in [0.1, 0.15) is 35.7 Å². The fraction of sp³-hybridized carbons (Fsp3) is 0.385. The molecule has 5 rings (SSSR count). The third-order valence-electron chi connectivity index (χ3n) is 7.06. The Morgan fingerprint density at radius 2 is 1.79 bits per heavy atom. The Kier molecular flexibility index (Phi) is 6.38. The molecule has 0 radical (unpaired) electrons. The highest BCUT2D eigenvalue weighted by Gasteiger charge is 2.28. The van der Waals surface area contributed by atoms with Gasteiger partial charge in [0.25, 0.3) is 0 Å². The highest BCUT2D eigenvalue weighted by Crippen LogP contribution is 2.36. The third kappa shape index (κ3) is 4.85. The molecule has 3 heterocycles. The summed E-state index contributed by atoms with van der Waals surface area (Å²) in [6.45, 7) is 3.81. The number of likely N-dealkylation sites (tertiary alicyclic amines) is 1. The first kappa shape index (κ1) is 23.0. The van der Waals surface area contributed by atoms with Crippen LogP contribution in [0.3, 0.4) is 0 Å². The minimum atomic E-state index is -3.22. The first-order valence-electron chi connectivity index (χ1n) is 11.8.